The quantitative estimate of drug-likeness (QED) is 0.409. The van der Waals surface area contributed by atoms with Gasteiger partial charge in [0.1, 0.15) is 0 Å². The largest absolute Gasteiger partial charge is 0.357 e. The monoisotopic (exact) mass is 436 g/mol. The van der Waals surface area contributed by atoms with E-state index in [-0.39, 0.29) is 24.0 Å². The summed E-state index contributed by atoms with van der Waals surface area (Å²) < 4.78 is 0. The Balaban J connectivity index is 0.00000242. The van der Waals surface area contributed by atoms with E-state index in [0.29, 0.717) is 6.04 Å². The molecule has 0 saturated carbocycles. The maximum atomic E-state index is 4.69. The second-order valence-corrected chi connectivity index (χ2v) is 6.61. The van der Waals surface area contributed by atoms with E-state index in [4.69, 9.17) is 4.99 Å². The molecule has 2 rings (SSSR count). The van der Waals surface area contributed by atoms with Gasteiger partial charge in [-0.25, -0.2) is 0 Å². The Morgan fingerprint density at radius 3 is 3.00 bits per heavy atom. The van der Waals surface area contributed by atoms with Crippen LogP contribution in [0.3, 0.4) is 0 Å². The minimum absolute atomic E-state index is 0. The third-order valence-electron chi connectivity index (χ3n) is 3.91. The summed E-state index contributed by atoms with van der Waals surface area (Å²) in [6, 6.07) is 2.73. The van der Waals surface area contributed by atoms with Crippen LogP contribution in [0.25, 0.3) is 0 Å². The van der Waals surface area contributed by atoms with Gasteiger partial charge < -0.3 is 10.6 Å². The van der Waals surface area contributed by atoms with Crippen LogP contribution in [-0.2, 0) is 13.0 Å². The molecule has 0 aromatic carbocycles. The van der Waals surface area contributed by atoms with E-state index in [1.165, 1.54) is 18.5 Å². The molecule has 22 heavy (non-hydrogen) atoms. The summed E-state index contributed by atoms with van der Waals surface area (Å²) in [5.41, 5.74) is 1.51. The number of halogens is 1. The zero-order valence-corrected chi connectivity index (χ0v) is 17.0. The standard InChI is InChI=1S/C16H28N4S.HI/c1-4-13(3)19-16(17-5-2)18-8-10-20-9-6-15-14(12-20)7-11-21-15;/h7,11,13H,4-6,8-10,12H2,1-3H3,(H2,17,18,19);1H. The average Bonchev–Trinajstić information content (AvgIpc) is 2.94. The van der Waals surface area contributed by atoms with E-state index in [1.54, 1.807) is 4.88 Å². The van der Waals surface area contributed by atoms with Crippen LogP contribution in [-0.4, -0.2) is 43.1 Å². The van der Waals surface area contributed by atoms with Crippen LogP contribution in [0.1, 0.15) is 37.6 Å². The summed E-state index contributed by atoms with van der Waals surface area (Å²) >= 11 is 1.90. The van der Waals surface area contributed by atoms with E-state index in [9.17, 15) is 0 Å². The van der Waals surface area contributed by atoms with Crippen molar-refractivity contribution in [2.45, 2.75) is 46.2 Å². The molecule has 0 saturated heterocycles. The van der Waals surface area contributed by atoms with E-state index >= 15 is 0 Å². The summed E-state index contributed by atoms with van der Waals surface area (Å²) in [6.07, 6.45) is 2.30. The van der Waals surface area contributed by atoms with Crippen molar-refractivity contribution in [3.63, 3.8) is 0 Å². The summed E-state index contributed by atoms with van der Waals surface area (Å²) in [7, 11) is 0. The van der Waals surface area contributed by atoms with Gasteiger partial charge in [-0.2, -0.15) is 0 Å². The molecular formula is C16H29IN4S. The van der Waals surface area contributed by atoms with Crippen molar-refractivity contribution in [1.29, 1.82) is 0 Å². The lowest BCUT2D eigenvalue weighted by Gasteiger charge is -2.26. The highest BCUT2D eigenvalue weighted by atomic mass is 127. The van der Waals surface area contributed by atoms with Crippen LogP contribution in [0.15, 0.2) is 16.4 Å². The van der Waals surface area contributed by atoms with Crippen LogP contribution < -0.4 is 10.6 Å². The molecule has 0 amide bonds. The second kappa shape index (κ2) is 10.4. The zero-order valence-electron chi connectivity index (χ0n) is 13.9. The fourth-order valence-corrected chi connectivity index (χ4v) is 3.35. The number of fused-ring (bicyclic) bond motifs is 1. The number of thiophene rings is 1. The Bertz CT molecular complexity index is 461. The molecule has 4 nitrogen and oxygen atoms in total. The van der Waals surface area contributed by atoms with Crippen molar-refractivity contribution < 1.29 is 0 Å². The molecule has 1 atom stereocenters. The van der Waals surface area contributed by atoms with E-state index < -0.39 is 0 Å². The smallest absolute Gasteiger partial charge is 0.191 e. The third-order valence-corrected chi connectivity index (χ3v) is 4.94. The molecule has 0 radical (unpaired) electrons. The van der Waals surface area contributed by atoms with Gasteiger partial charge in [0.15, 0.2) is 5.96 Å². The molecule has 1 aromatic rings. The maximum Gasteiger partial charge on any atom is 0.191 e. The average molecular weight is 436 g/mol. The fourth-order valence-electron chi connectivity index (χ4n) is 2.46. The van der Waals surface area contributed by atoms with Crippen molar-refractivity contribution in [2.75, 3.05) is 26.2 Å². The zero-order chi connectivity index (χ0) is 15.1. The van der Waals surface area contributed by atoms with Crippen molar-refractivity contribution in [1.82, 2.24) is 15.5 Å². The number of nitrogens with one attached hydrogen (secondary N) is 2. The first-order chi connectivity index (χ1) is 10.2. The number of hydrogen-bond donors (Lipinski definition) is 2. The summed E-state index contributed by atoms with van der Waals surface area (Å²) in [6.45, 7) is 11.5. The highest BCUT2D eigenvalue weighted by Gasteiger charge is 2.16. The van der Waals surface area contributed by atoms with Crippen LogP contribution in [0.5, 0.6) is 0 Å². The normalized spacial score (nSPS) is 16.6. The number of nitrogens with zero attached hydrogens (tertiary/aromatic N) is 2. The minimum atomic E-state index is 0. The Kier molecular flexibility index (Phi) is 9.35. The third kappa shape index (κ3) is 6.04. The Labute approximate surface area is 155 Å². The van der Waals surface area contributed by atoms with Gasteiger partial charge in [-0.05, 0) is 43.7 Å². The SMILES string of the molecule is CCNC(=NCCN1CCc2sccc2C1)NC(C)CC.I. The van der Waals surface area contributed by atoms with Crippen molar-refractivity contribution in [3.8, 4) is 0 Å². The summed E-state index contributed by atoms with van der Waals surface area (Å²) in [5.74, 6) is 0.945. The van der Waals surface area contributed by atoms with Gasteiger partial charge in [-0.15, -0.1) is 35.3 Å². The Morgan fingerprint density at radius 2 is 2.27 bits per heavy atom. The first-order valence-electron chi connectivity index (χ1n) is 8.05. The second-order valence-electron chi connectivity index (χ2n) is 5.61. The molecular weight excluding hydrogens is 407 g/mol. The van der Waals surface area contributed by atoms with Gasteiger partial charge in [-0.1, -0.05) is 6.92 Å². The van der Waals surface area contributed by atoms with E-state index in [1.807, 2.05) is 11.3 Å². The molecule has 1 aliphatic rings. The molecule has 1 unspecified atom stereocenters. The lowest BCUT2D eigenvalue weighted by atomic mass is 10.1. The van der Waals surface area contributed by atoms with Crippen molar-refractivity contribution in [2.24, 2.45) is 4.99 Å². The topological polar surface area (TPSA) is 39.7 Å². The Hall–Kier alpha value is -0.340. The summed E-state index contributed by atoms with van der Waals surface area (Å²) in [5, 5.41) is 8.97. The van der Waals surface area contributed by atoms with E-state index in [0.717, 1.165) is 38.6 Å². The highest BCUT2D eigenvalue weighted by molar-refractivity contribution is 14.0. The predicted molar refractivity (Wildman–Crippen MR) is 108 cm³/mol. The molecule has 6 heteroatoms. The van der Waals surface area contributed by atoms with E-state index in [2.05, 4.69) is 47.8 Å². The van der Waals surface area contributed by atoms with Crippen LogP contribution in [0.4, 0.5) is 0 Å². The molecule has 126 valence electrons. The van der Waals surface area contributed by atoms with Crippen LogP contribution >= 0.6 is 35.3 Å². The van der Waals surface area contributed by atoms with Gasteiger partial charge in [0.05, 0.1) is 6.54 Å². The Morgan fingerprint density at radius 1 is 1.45 bits per heavy atom. The number of rotatable bonds is 6. The minimum Gasteiger partial charge on any atom is -0.357 e. The molecule has 1 aromatic heterocycles. The molecule has 0 bridgehead atoms. The fraction of sp³-hybridized carbons (Fsp3) is 0.688. The highest BCUT2D eigenvalue weighted by Crippen LogP contribution is 2.23. The predicted octanol–water partition coefficient (Wildman–Crippen LogP) is 3.08. The molecule has 2 N–H and O–H groups in total. The lowest BCUT2D eigenvalue weighted by Crippen LogP contribution is -2.42. The number of aliphatic imine (C=N–C) groups is 1. The van der Waals surface area contributed by atoms with Crippen LogP contribution in [0, 0.1) is 0 Å². The lowest BCUT2D eigenvalue weighted by molar-refractivity contribution is 0.263. The number of hydrogen-bond acceptors (Lipinski definition) is 3. The van der Waals surface area contributed by atoms with Gasteiger partial charge in [0.25, 0.3) is 0 Å². The first kappa shape index (κ1) is 19.7. The molecule has 1 aliphatic heterocycles. The molecule has 0 aliphatic carbocycles. The van der Waals surface area contributed by atoms with Gasteiger partial charge in [-0.3, -0.25) is 9.89 Å². The number of guanidine groups is 1. The summed E-state index contributed by atoms with van der Waals surface area (Å²) in [4.78, 5) is 8.77. The maximum absolute atomic E-state index is 4.69. The molecule has 0 fully saturated rings. The van der Waals surface area contributed by atoms with Gasteiger partial charge in [0, 0.05) is 37.1 Å². The first-order valence-corrected chi connectivity index (χ1v) is 8.93. The van der Waals surface area contributed by atoms with Gasteiger partial charge in [0.2, 0.25) is 0 Å². The molecule has 2 heterocycles. The van der Waals surface area contributed by atoms with Crippen LogP contribution in [0.2, 0.25) is 0 Å². The van der Waals surface area contributed by atoms with Gasteiger partial charge >= 0.3 is 0 Å². The molecule has 0 spiro atoms. The van der Waals surface area contributed by atoms with Crippen molar-refractivity contribution in [3.05, 3.63) is 21.9 Å². The van der Waals surface area contributed by atoms with Crippen molar-refractivity contribution >= 4 is 41.3 Å².